The number of aromatic nitrogens is 2. The average Bonchev–Trinajstić information content (AvgIpc) is 3.30. The number of hydrogen-bond acceptors (Lipinski definition) is 5. The van der Waals surface area contributed by atoms with E-state index in [1.54, 1.807) is 7.11 Å². The molecule has 1 aliphatic rings. The molecule has 0 bridgehead atoms. The monoisotopic (exact) mass is 406 g/mol. The number of rotatable bonds is 5. The van der Waals surface area contributed by atoms with Gasteiger partial charge in [-0.3, -0.25) is 0 Å². The number of aryl methyl sites for hydroxylation is 1. The summed E-state index contributed by atoms with van der Waals surface area (Å²) in [6.07, 6.45) is 2.78. The van der Waals surface area contributed by atoms with Crippen LogP contribution in [0.4, 0.5) is 10.5 Å². The van der Waals surface area contributed by atoms with Gasteiger partial charge in [-0.05, 0) is 49.1 Å². The van der Waals surface area contributed by atoms with E-state index in [1.807, 2.05) is 53.4 Å². The van der Waals surface area contributed by atoms with Crippen molar-refractivity contribution in [3.8, 4) is 17.1 Å². The van der Waals surface area contributed by atoms with Gasteiger partial charge in [0.05, 0.1) is 13.0 Å². The van der Waals surface area contributed by atoms with Gasteiger partial charge in [0.2, 0.25) is 11.7 Å². The summed E-state index contributed by atoms with van der Waals surface area (Å²) in [6, 6.07) is 15.4. The number of anilines is 1. The zero-order valence-electron chi connectivity index (χ0n) is 17.3. The number of amides is 2. The van der Waals surface area contributed by atoms with Crippen molar-refractivity contribution < 1.29 is 14.1 Å². The van der Waals surface area contributed by atoms with E-state index in [4.69, 9.17) is 9.26 Å². The normalized spacial score (nSPS) is 16.3. The molecule has 0 aliphatic carbocycles. The minimum absolute atomic E-state index is 0.0267. The Kier molecular flexibility index (Phi) is 5.97. The summed E-state index contributed by atoms with van der Waals surface area (Å²) in [5.74, 6) is 1.87. The fourth-order valence-corrected chi connectivity index (χ4v) is 3.67. The number of hydrogen-bond donors (Lipinski definition) is 1. The first-order valence-electron chi connectivity index (χ1n) is 10.3. The Hall–Kier alpha value is -3.35. The van der Waals surface area contributed by atoms with E-state index in [9.17, 15) is 4.79 Å². The molecule has 1 saturated heterocycles. The summed E-state index contributed by atoms with van der Waals surface area (Å²) < 4.78 is 10.8. The highest BCUT2D eigenvalue weighted by Crippen LogP contribution is 2.29. The van der Waals surface area contributed by atoms with E-state index in [2.05, 4.69) is 22.4 Å². The molecule has 1 aromatic heterocycles. The predicted molar refractivity (Wildman–Crippen MR) is 115 cm³/mol. The van der Waals surface area contributed by atoms with Crippen LogP contribution in [0.2, 0.25) is 0 Å². The number of likely N-dealkylation sites (tertiary alicyclic amines) is 1. The molecule has 1 N–H and O–H groups in total. The summed E-state index contributed by atoms with van der Waals surface area (Å²) in [5, 5.41) is 7.12. The van der Waals surface area contributed by atoms with Crippen LogP contribution in [-0.2, 0) is 6.42 Å². The number of nitrogens with one attached hydrogen (secondary N) is 1. The molecule has 156 valence electrons. The molecule has 1 atom stereocenters. The van der Waals surface area contributed by atoms with Crippen molar-refractivity contribution in [2.45, 2.75) is 32.1 Å². The minimum atomic E-state index is -0.100. The van der Waals surface area contributed by atoms with Gasteiger partial charge < -0.3 is 19.5 Å². The molecule has 4 rings (SSSR count). The third-order valence-electron chi connectivity index (χ3n) is 5.44. The molecular weight excluding hydrogens is 380 g/mol. The third-order valence-corrected chi connectivity index (χ3v) is 5.44. The molecule has 7 nitrogen and oxygen atoms in total. The molecule has 0 saturated carbocycles. The van der Waals surface area contributed by atoms with Gasteiger partial charge in [-0.1, -0.05) is 36.3 Å². The number of carbonyl (C=O) groups is 1. The number of nitrogens with zero attached hydrogens (tertiary/aromatic N) is 3. The molecule has 2 amide bonds. The second-order valence-electron chi connectivity index (χ2n) is 7.45. The van der Waals surface area contributed by atoms with Crippen molar-refractivity contribution in [3.05, 3.63) is 60.0 Å². The summed E-state index contributed by atoms with van der Waals surface area (Å²) in [7, 11) is 1.63. The van der Waals surface area contributed by atoms with Gasteiger partial charge in [0, 0.05) is 24.3 Å². The highest BCUT2D eigenvalue weighted by Gasteiger charge is 2.29. The maximum absolute atomic E-state index is 12.7. The van der Waals surface area contributed by atoms with Crippen molar-refractivity contribution in [1.29, 1.82) is 0 Å². The van der Waals surface area contributed by atoms with Crippen LogP contribution in [0.15, 0.2) is 53.1 Å². The van der Waals surface area contributed by atoms with E-state index in [-0.39, 0.29) is 11.9 Å². The van der Waals surface area contributed by atoms with Gasteiger partial charge in [-0.25, -0.2) is 4.79 Å². The van der Waals surface area contributed by atoms with E-state index < -0.39 is 0 Å². The molecule has 1 aliphatic heterocycles. The van der Waals surface area contributed by atoms with Crippen LogP contribution in [0.1, 0.15) is 37.1 Å². The van der Waals surface area contributed by atoms with Crippen LogP contribution >= 0.6 is 0 Å². The third kappa shape index (κ3) is 4.45. The fourth-order valence-electron chi connectivity index (χ4n) is 3.67. The zero-order chi connectivity index (χ0) is 20.9. The summed E-state index contributed by atoms with van der Waals surface area (Å²) >= 11 is 0. The number of piperidine rings is 1. The minimum Gasteiger partial charge on any atom is -0.497 e. The number of methoxy groups -OCH3 is 1. The van der Waals surface area contributed by atoms with Crippen LogP contribution < -0.4 is 10.1 Å². The Morgan fingerprint density at radius 3 is 2.87 bits per heavy atom. The van der Waals surface area contributed by atoms with Crippen LogP contribution in [0, 0.1) is 0 Å². The van der Waals surface area contributed by atoms with E-state index in [0.717, 1.165) is 36.3 Å². The van der Waals surface area contributed by atoms with E-state index >= 15 is 0 Å². The molecule has 30 heavy (non-hydrogen) atoms. The smallest absolute Gasteiger partial charge is 0.321 e. The summed E-state index contributed by atoms with van der Waals surface area (Å²) in [4.78, 5) is 19.1. The Bertz CT molecular complexity index is 1000. The predicted octanol–water partition coefficient (Wildman–Crippen LogP) is 4.72. The largest absolute Gasteiger partial charge is 0.497 e. The highest BCUT2D eigenvalue weighted by atomic mass is 16.5. The SMILES string of the molecule is CCc1ccc(NC(=O)N2CCC[C@H](c3nc(-c4cccc(OC)c4)no3)C2)cc1. The first-order chi connectivity index (χ1) is 14.7. The Balaban J connectivity index is 1.42. The van der Waals surface area contributed by atoms with Gasteiger partial charge in [0.15, 0.2) is 0 Å². The number of carbonyl (C=O) groups excluding carboxylic acids is 1. The van der Waals surface area contributed by atoms with Gasteiger partial charge in [-0.2, -0.15) is 4.98 Å². The Labute approximate surface area is 176 Å². The van der Waals surface area contributed by atoms with Crippen LogP contribution in [0.3, 0.4) is 0 Å². The van der Waals surface area contributed by atoms with Crippen LogP contribution in [0.25, 0.3) is 11.4 Å². The van der Waals surface area contributed by atoms with Crippen molar-refractivity contribution in [1.82, 2.24) is 15.0 Å². The van der Waals surface area contributed by atoms with Crippen molar-refractivity contribution in [2.75, 3.05) is 25.5 Å². The average molecular weight is 406 g/mol. The van der Waals surface area contributed by atoms with Crippen LogP contribution in [-0.4, -0.2) is 41.3 Å². The Morgan fingerprint density at radius 1 is 1.27 bits per heavy atom. The zero-order valence-corrected chi connectivity index (χ0v) is 17.3. The lowest BCUT2D eigenvalue weighted by molar-refractivity contribution is 0.184. The molecule has 0 radical (unpaired) electrons. The molecule has 3 aromatic rings. The van der Waals surface area contributed by atoms with Crippen molar-refractivity contribution >= 4 is 11.7 Å². The van der Waals surface area contributed by atoms with Crippen molar-refractivity contribution in [2.24, 2.45) is 0 Å². The van der Waals surface area contributed by atoms with Crippen molar-refractivity contribution in [3.63, 3.8) is 0 Å². The molecule has 1 fully saturated rings. The number of benzene rings is 2. The maximum atomic E-state index is 12.7. The quantitative estimate of drug-likeness (QED) is 0.663. The van der Waals surface area contributed by atoms with E-state index in [1.165, 1.54) is 5.56 Å². The van der Waals surface area contributed by atoms with E-state index in [0.29, 0.717) is 24.8 Å². The van der Waals surface area contributed by atoms with Gasteiger partial charge >= 0.3 is 6.03 Å². The maximum Gasteiger partial charge on any atom is 0.321 e. The lowest BCUT2D eigenvalue weighted by atomic mass is 9.98. The standard InChI is InChI=1S/C23H26N4O3/c1-3-16-9-11-19(12-10-16)24-23(28)27-13-5-7-18(15-27)22-25-21(26-30-22)17-6-4-8-20(14-17)29-2/h4,6,8-12,14,18H,3,5,7,13,15H2,1-2H3,(H,24,28)/t18-/m0/s1. The molecule has 2 heterocycles. The Morgan fingerprint density at radius 2 is 2.10 bits per heavy atom. The topological polar surface area (TPSA) is 80.5 Å². The molecule has 7 heteroatoms. The second kappa shape index (κ2) is 8.98. The summed E-state index contributed by atoms with van der Waals surface area (Å²) in [5.41, 5.74) is 2.89. The van der Waals surface area contributed by atoms with Gasteiger partial charge in [0.25, 0.3) is 0 Å². The first-order valence-corrected chi connectivity index (χ1v) is 10.3. The molecule has 0 spiro atoms. The summed E-state index contributed by atoms with van der Waals surface area (Å²) in [6.45, 7) is 3.38. The molecular formula is C23H26N4O3. The highest BCUT2D eigenvalue weighted by molar-refractivity contribution is 5.89. The first kappa shape index (κ1) is 19.9. The number of urea groups is 1. The molecule has 0 unspecified atom stereocenters. The fraction of sp³-hybridized carbons (Fsp3) is 0.348. The van der Waals surface area contributed by atoms with Gasteiger partial charge in [-0.15, -0.1) is 0 Å². The number of ether oxygens (including phenoxy) is 1. The lowest BCUT2D eigenvalue weighted by Crippen LogP contribution is -2.41. The lowest BCUT2D eigenvalue weighted by Gasteiger charge is -2.31. The van der Waals surface area contributed by atoms with Crippen LogP contribution in [0.5, 0.6) is 5.75 Å². The second-order valence-corrected chi connectivity index (χ2v) is 7.45. The molecule has 2 aromatic carbocycles. The van der Waals surface area contributed by atoms with Gasteiger partial charge in [0.1, 0.15) is 5.75 Å².